The van der Waals surface area contributed by atoms with Gasteiger partial charge in [0.15, 0.2) is 17.3 Å². The normalized spacial score (nSPS) is 13.4. The second-order valence-electron chi connectivity index (χ2n) is 6.48. The molecule has 2 heterocycles. The van der Waals surface area contributed by atoms with Crippen LogP contribution in [0.25, 0.3) is 11.0 Å². The zero-order valence-electron chi connectivity index (χ0n) is 15.4. The van der Waals surface area contributed by atoms with E-state index in [1.807, 2.05) is 30.3 Å². The summed E-state index contributed by atoms with van der Waals surface area (Å²) >= 11 is 6.32. The van der Waals surface area contributed by atoms with Crippen LogP contribution < -0.4 is 14.8 Å². The number of rotatable bonds is 5. The standard InChI is InChI=1S/C21H20ClNO5/c1-25-12-15-14-5-2-3-6-17(14)28-19(15)21(24)23-11-13-9-16(22)20-18(10-13)26-7-4-8-27-20/h2-3,5-6,9-10H,4,7-8,11-12H2,1H3,(H,23,24). The van der Waals surface area contributed by atoms with Crippen LogP contribution in [0.15, 0.2) is 40.8 Å². The molecule has 1 N–H and O–H groups in total. The van der Waals surface area contributed by atoms with Crippen molar-refractivity contribution in [1.82, 2.24) is 5.32 Å². The van der Waals surface area contributed by atoms with Gasteiger partial charge in [0.2, 0.25) is 0 Å². The predicted octanol–water partition coefficient (Wildman–Crippen LogP) is 4.32. The molecular weight excluding hydrogens is 382 g/mol. The number of para-hydroxylation sites is 1. The van der Waals surface area contributed by atoms with E-state index in [1.54, 1.807) is 13.2 Å². The third kappa shape index (κ3) is 3.66. The van der Waals surface area contributed by atoms with E-state index < -0.39 is 0 Å². The minimum atomic E-state index is -0.313. The quantitative estimate of drug-likeness (QED) is 0.689. The summed E-state index contributed by atoms with van der Waals surface area (Å²) in [5.41, 5.74) is 2.19. The van der Waals surface area contributed by atoms with Crippen LogP contribution in [-0.4, -0.2) is 26.2 Å². The molecule has 0 radical (unpaired) electrons. The molecule has 3 aromatic rings. The average molecular weight is 402 g/mol. The van der Waals surface area contributed by atoms with E-state index in [2.05, 4.69) is 5.32 Å². The number of nitrogens with one attached hydrogen (secondary N) is 1. The van der Waals surface area contributed by atoms with Crippen molar-refractivity contribution >= 4 is 28.5 Å². The summed E-state index contributed by atoms with van der Waals surface area (Å²) in [5.74, 6) is 1.09. The van der Waals surface area contributed by atoms with Gasteiger partial charge < -0.3 is 23.9 Å². The molecule has 1 amide bonds. The number of benzene rings is 2. The fourth-order valence-corrected chi connectivity index (χ4v) is 3.51. The molecule has 7 heteroatoms. The van der Waals surface area contributed by atoms with E-state index >= 15 is 0 Å². The number of fused-ring (bicyclic) bond motifs is 2. The van der Waals surface area contributed by atoms with Crippen molar-refractivity contribution in [3.05, 3.63) is 58.3 Å². The van der Waals surface area contributed by atoms with Gasteiger partial charge in [0.1, 0.15) is 5.58 Å². The molecule has 1 aromatic heterocycles. The number of ether oxygens (including phenoxy) is 3. The molecule has 0 fully saturated rings. The van der Waals surface area contributed by atoms with E-state index in [-0.39, 0.29) is 24.8 Å². The maximum atomic E-state index is 12.8. The molecule has 1 aliphatic heterocycles. The number of hydrogen-bond donors (Lipinski definition) is 1. The molecule has 2 aromatic carbocycles. The molecule has 0 saturated heterocycles. The Morgan fingerprint density at radius 3 is 2.89 bits per heavy atom. The first-order valence-corrected chi connectivity index (χ1v) is 9.40. The number of carbonyl (C=O) groups excluding carboxylic acids is 1. The summed E-state index contributed by atoms with van der Waals surface area (Å²) in [6, 6.07) is 11.1. The minimum Gasteiger partial charge on any atom is -0.489 e. The summed E-state index contributed by atoms with van der Waals surface area (Å²) < 4.78 is 22.3. The van der Waals surface area contributed by atoms with E-state index in [1.165, 1.54) is 0 Å². The van der Waals surface area contributed by atoms with Gasteiger partial charge in [-0.2, -0.15) is 0 Å². The Morgan fingerprint density at radius 1 is 1.21 bits per heavy atom. The molecule has 0 unspecified atom stereocenters. The largest absolute Gasteiger partial charge is 0.489 e. The lowest BCUT2D eigenvalue weighted by atomic mass is 10.1. The number of methoxy groups -OCH3 is 1. The zero-order chi connectivity index (χ0) is 19.5. The van der Waals surface area contributed by atoms with E-state index in [0.717, 1.165) is 22.9 Å². The predicted molar refractivity (Wildman–Crippen MR) is 105 cm³/mol. The molecule has 1 aliphatic rings. The van der Waals surface area contributed by atoms with Gasteiger partial charge in [-0.25, -0.2) is 0 Å². The maximum Gasteiger partial charge on any atom is 0.287 e. The van der Waals surface area contributed by atoms with Gasteiger partial charge in [0.05, 0.1) is 24.8 Å². The lowest BCUT2D eigenvalue weighted by Crippen LogP contribution is -2.23. The lowest BCUT2D eigenvalue weighted by molar-refractivity contribution is 0.0918. The van der Waals surface area contributed by atoms with Crippen LogP contribution in [0.2, 0.25) is 5.02 Å². The number of furan rings is 1. The highest BCUT2D eigenvalue weighted by atomic mass is 35.5. The molecule has 6 nitrogen and oxygen atoms in total. The van der Waals surface area contributed by atoms with Crippen LogP contribution >= 0.6 is 11.6 Å². The van der Waals surface area contributed by atoms with Gasteiger partial charge in [-0.15, -0.1) is 0 Å². The zero-order valence-corrected chi connectivity index (χ0v) is 16.2. The van der Waals surface area contributed by atoms with Crippen molar-refractivity contribution in [2.45, 2.75) is 19.6 Å². The van der Waals surface area contributed by atoms with E-state index in [4.69, 9.17) is 30.2 Å². The fourth-order valence-electron chi connectivity index (χ4n) is 3.22. The summed E-state index contributed by atoms with van der Waals surface area (Å²) in [6.45, 7) is 1.70. The van der Waals surface area contributed by atoms with E-state index in [9.17, 15) is 4.79 Å². The molecule has 0 atom stereocenters. The SMILES string of the molecule is COCc1c(C(=O)NCc2cc(Cl)c3c(c2)OCCCO3)oc2ccccc12. The third-order valence-electron chi connectivity index (χ3n) is 4.51. The van der Waals surface area contributed by atoms with Crippen molar-refractivity contribution in [2.75, 3.05) is 20.3 Å². The highest BCUT2D eigenvalue weighted by Gasteiger charge is 2.21. The highest BCUT2D eigenvalue weighted by Crippen LogP contribution is 2.38. The molecule has 0 saturated carbocycles. The van der Waals surface area contributed by atoms with Crippen LogP contribution in [0.5, 0.6) is 11.5 Å². The van der Waals surface area contributed by atoms with Gasteiger partial charge in [0.25, 0.3) is 5.91 Å². The topological polar surface area (TPSA) is 69.9 Å². The van der Waals surface area contributed by atoms with Crippen molar-refractivity contribution in [3.8, 4) is 11.5 Å². The Hall–Kier alpha value is -2.70. The Morgan fingerprint density at radius 2 is 2.04 bits per heavy atom. The van der Waals surface area contributed by atoms with Crippen molar-refractivity contribution in [2.24, 2.45) is 0 Å². The Kier molecular flexibility index (Phi) is 5.41. The molecule has 146 valence electrons. The second-order valence-corrected chi connectivity index (χ2v) is 6.88. The summed E-state index contributed by atoms with van der Waals surface area (Å²) in [5, 5.41) is 4.22. The third-order valence-corrected chi connectivity index (χ3v) is 4.79. The molecule has 4 rings (SSSR count). The average Bonchev–Trinajstić information content (AvgIpc) is 2.89. The molecule has 28 heavy (non-hydrogen) atoms. The molecule has 0 spiro atoms. The number of amides is 1. The second kappa shape index (κ2) is 8.12. The maximum absolute atomic E-state index is 12.8. The highest BCUT2D eigenvalue weighted by molar-refractivity contribution is 6.32. The Labute approximate surface area is 167 Å². The monoisotopic (exact) mass is 401 g/mol. The summed E-state index contributed by atoms with van der Waals surface area (Å²) in [6.07, 6.45) is 0.797. The fraction of sp³-hybridized carbons (Fsp3) is 0.286. The van der Waals surface area contributed by atoms with Crippen molar-refractivity contribution in [1.29, 1.82) is 0 Å². The summed E-state index contributed by atoms with van der Waals surface area (Å²) in [4.78, 5) is 12.8. The summed E-state index contributed by atoms with van der Waals surface area (Å²) in [7, 11) is 1.59. The van der Waals surface area contributed by atoms with Crippen LogP contribution in [-0.2, 0) is 17.9 Å². The van der Waals surface area contributed by atoms with Gasteiger partial charge in [0, 0.05) is 31.0 Å². The minimum absolute atomic E-state index is 0.253. The van der Waals surface area contributed by atoms with Gasteiger partial charge >= 0.3 is 0 Å². The first-order valence-electron chi connectivity index (χ1n) is 9.03. The lowest BCUT2D eigenvalue weighted by Gasteiger charge is -2.12. The van der Waals surface area contributed by atoms with Gasteiger partial charge in [-0.3, -0.25) is 4.79 Å². The Balaban J connectivity index is 1.55. The van der Waals surface area contributed by atoms with E-state index in [0.29, 0.717) is 35.3 Å². The van der Waals surface area contributed by atoms with Crippen LogP contribution in [0.3, 0.4) is 0 Å². The first kappa shape index (κ1) is 18.7. The number of carbonyl (C=O) groups is 1. The molecule has 0 aliphatic carbocycles. The van der Waals surface area contributed by atoms with Crippen molar-refractivity contribution in [3.63, 3.8) is 0 Å². The van der Waals surface area contributed by atoms with Crippen LogP contribution in [0.4, 0.5) is 0 Å². The van der Waals surface area contributed by atoms with Gasteiger partial charge in [-0.05, 0) is 23.8 Å². The first-order chi connectivity index (χ1) is 13.7. The number of hydrogen-bond acceptors (Lipinski definition) is 5. The van der Waals surface area contributed by atoms with Crippen molar-refractivity contribution < 1.29 is 23.4 Å². The van der Waals surface area contributed by atoms with Gasteiger partial charge in [-0.1, -0.05) is 29.8 Å². The molecular formula is C21H20ClNO5. The molecule has 0 bridgehead atoms. The van der Waals surface area contributed by atoms with Crippen LogP contribution in [0.1, 0.15) is 28.1 Å². The number of halogens is 1. The smallest absolute Gasteiger partial charge is 0.287 e. The Bertz CT molecular complexity index is 1010. The van der Waals surface area contributed by atoms with Crippen LogP contribution in [0, 0.1) is 0 Å².